The zero-order chi connectivity index (χ0) is 12.7. The molecule has 1 unspecified atom stereocenters. The van der Waals surface area contributed by atoms with Gasteiger partial charge in [-0.3, -0.25) is 5.01 Å². The number of hydrogen-bond acceptors (Lipinski definition) is 5. The van der Waals surface area contributed by atoms with Gasteiger partial charge in [-0.05, 0) is 24.3 Å². The van der Waals surface area contributed by atoms with Gasteiger partial charge in [-0.25, -0.2) is 20.2 Å². The maximum Gasteiger partial charge on any atom is 0.239 e. The molecule has 2 N–H and O–H groups in total. The highest BCUT2D eigenvalue weighted by molar-refractivity contribution is 6.30. The number of halogens is 2. The molecule has 2 aliphatic rings. The number of hydrazine groups is 1. The molecule has 0 saturated heterocycles. The van der Waals surface area contributed by atoms with E-state index in [1.54, 1.807) is 12.1 Å². The molecule has 1 aromatic rings. The SMILES string of the molecule is NN1C=NC2OC(c3ccc(F)cc3)=NC2=C1Cl. The van der Waals surface area contributed by atoms with Crippen molar-refractivity contribution in [2.45, 2.75) is 6.23 Å². The Labute approximate surface area is 107 Å². The third-order valence-corrected chi connectivity index (χ3v) is 2.92. The number of ether oxygens (including phenoxy) is 1. The van der Waals surface area contributed by atoms with Gasteiger partial charge >= 0.3 is 0 Å². The number of nitrogens with two attached hydrogens (primary N) is 1. The lowest BCUT2D eigenvalue weighted by atomic mass is 10.2. The van der Waals surface area contributed by atoms with Crippen molar-refractivity contribution in [3.05, 3.63) is 46.5 Å². The quantitative estimate of drug-likeness (QED) is 0.620. The molecule has 0 bridgehead atoms. The highest BCUT2D eigenvalue weighted by atomic mass is 35.5. The van der Waals surface area contributed by atoms with Gasteiger partial charge in [0.25, 0.3) is 0 Å². The van der Waals surface area contributed by atoms with Crippen LogP contribution in [0.15, 0.2) is 45.1 Å². The Hall–Kier alpha value is -1.92. The van der Waals surface area contributed by atoms with Crippen molar-refractivity contribution >= 4 is 23.8 Å². The molecule has 1 aromatic carbocycles. The molecule has 0 saturated carbocycles. The van der Waals surface area contributed by atoms with E-state index >= 15 is 0 Å². The fourth-order valence-corrected chi connectivity index (χ4v) is 1.82. The van der Waals surface area contributed by atoms with Crippen LogP contribution in [0.4, 0.5) is 4.39 Å². The van der Waals surface area contributed by atoms with E-state index < -0.39 is 6.23 Å². The van der Waals surface area contributed by atoms with Gasteiger partial charge in [0.05, 0.1) is 0 Å². The Morgan fingerprint density at radius 1 is 1.33 bits per heavy atom. The minimum atomic E-state index is -0.586. The van der Waals surface area contributed by atoms with Crippen molar-refractivity contribution in [2.24, 2.45) is 15.8 Å². The molecule has 0 radical (unpaired) electrons. The standard InChI is InChI=1S/C11H8ClFN4O/c12-9-8-11(15-5-17(9)14)18-10(16-8)6-1-3-7(13)4-2-6/h1-5,11H,14H2. The van der Waals surface area contributed by atoms with Gasteiger partial charge in [0, 0.05) is 5.56 Å². The highest BCUT2D eigenvalue weighted by Crippen LogP contribution is 2.29. The van der Waals surface area contributed by atoms with Crippen molar-refractivity contribution in [1.82, 2.24) is 5.01 Å². The number of nitrogens with zero attached hydrogens (tertiary/aromatic N) is 3. The third-order valence-electron chi connectivity index (χ3n) is 2.53. The zero-order valence-corrected chi connectivity index (χ0v) is 9.80. The van der Waals surface area contributed by atoms with E-state index in [4.69, 9.17) is 22.2 Å². The molecule has 0 aliphatic carbocycles. The van der Waals surface area contributed by atoms with Gasteiger partial charge in [-0.2, -0.15) is 0 Å². The van der Waals surface area contributed by atoms with Gasteiger partial charge in [-0.1, -0.05) is 11.6 Å². The predicted molar refractivity (Wildman–Crippen MR) is 65.2 cm³/mol. The second-order valence-electron chi connectivity index (χ2n) is 3.74. The molecular weight excluding hydrogens is 259 g/mol. The Morgan fingerprint density at radius 2 is 2.06 bits per heavy atom. The highest BCUT2D eigenvalue weighted by Gasteiger charge is 2.32. The fraction of sp³-hybridized carbons (Fsp3) is 0.0909. The summed E-state index contributed by atoms with van der Waals surface area (Å²) in [7, 11) is 0. The van der Waals surface area contributed by atoms with Gasteiger partial charge in [0.1, 0.15) is 17.9 Å². The van der Waals surface area contributed by atoms with Crippen molar-refractivity contribution in [3.8, 4) is 0 Å². The minimum absolute atomic E-state index is 0.257. The topological polar surface area (TPSA) is 63.2 Å². The van der Waals surface area contributed by atoms with Crippen LogP contribution in [0.3, 0.4) is 0 Å². The normalized spacial score (nSPS) is 21.8. The lowest BCUT2D eigenvalue weighted by Crippen LogP contribution is -2.32. The van der Waals surface area contributed by atoms with Crippen LogP contribution in [0.5, 0.6) is 0 Å². The van der Waals surface area contributed by atoms with Gasteiger partial charge in [-0.15, -0.1) is 0 Å². The maximum atomic E-state index is 12.8. The molecule has 2 aliphatic heterocycles. The number of rotatable bonds is 1. The van der Waals surface area contributed by atoms with Gasteiger partial charge in [0.2, 0.25) is 12.1 Å². The summed E-state index contributed by atoms with van der Waals surface area (Å²) in [6.07, 6.45) is 0.775. The molecular formula is C11H8ClFN4O. The maximum absolute atomic E-state index is 12.8. The first-order valence-corrected chi connectivity index (χ1v) is 5.51. The molecule has 0 fully saturated rings. The van der Waals surface area contributed by atoms with E-state index in [0.717, 1.165) is 5.01 Å². The fourth-order valence-electron chi connectivity index (χ4n) is 1.64. The molecule has 3 rings (SSSR count). The van der Waals surface area contributed by atoms with E-state index in [0.29, 0.717) is 17.2 Å². The largest absolute Gasteiger partial charge is 0.445 e. The number of benzene rings is 1. The average Bonchev–Trinajstić information content (AvgIpc) is 2.80. The summed E-state index contributed by atoms with van der Waals surface area (Å²) in [6.45, 7) is 0. The van der Waals surface area contributed by atoms with E-state index in [9.17, 15) is 4.39 Å². The van der Waals surface area contributed by atoms with Gasteiger partial charge in [0.15, 0.2) is 5.16 Å². The Balaban J connectivity index is 1.98. The van der Waals surface area contributed by atoms with Crippen molar-refractivity contribution in [2.75, 3.05) is 0 Å². The van der Waals surface area contributed by atoms with Crippen LogP contribution in [0, 0.1) is 5.82 Å². The summed E-state index contributed by atoms with van der Waals surface area (Å²) in [4.78, 5) is 8.26. The van der Waals surface area contributed by atoms with Gasteiger partial charge < -0.3 is 4.74 Å². The Morgan fingerprint density at radius 3 is 2.78 bits per heavy atom. The van der Waals surface area contributed by atoms with Crippen LogP contribution in [0.25, 0.3) is 0 Å². The number of fused-ring (bicyclic) bond motifs is 1. The molecule has 92 valence electrons. The van der Waals surface area contributed by atoms with Crippen LogP contribution in [-0.4, -0.2) is 23.5 Å². The number of hydrogen-bond donors (Lipinski definition) is 1. The average molecular weight is 267 g/mol. The van der Waals surface area contributed by atoms with Crippen molar-refractivity contribution < 1.29 is 9.13 Å². The summed E-state index contributed by atoms with van der Waals surface area (Å²) >= 11 is 5.99. The lowest BCUT2D eigenvalue weighted by Gasteiger charge is -2.19. The molecule has 2 heterocycles. The molecule has 18 heavy (non-hydrogen) atoms. The van der Waals surface area contributed by atoms with E-state index in [2.05, 4.69) is 9.98 Å². The Bertz CT molecular complexity index is 581. The van der Waals surface area contributed by atoms with Crippen LogP contribution in [-0.2, 0) is 4.74 Å². The van der Waals surface area contributed by atoms with Crippen LogP contribution >= 0.6 is 11.6 Å². The number of aliphatic imine (C=N–C) groups is 2. The van der Waals surface area contributed by atoms with Crippen molar-refractivity contribution in [3.63, 3.8) is 0 Å². The second kappa shape index (κ2) is 4.08. The van der Waals surface area contributed by atoms with Crippen LogP contribution < -0.4 is 5.84 Å². The summed E-state index contributed by atoms with van der Waals surface area (Å²) in [5.74, 6) is 5.58. The molecule has 1 atom stereocenters. The molecule has 7 heteroatoms. The first kappa shape index (κ1) is 11.2. The summed E-state index contributed by atoms with van der Waals surface area (Å²) in [5.41, 5.74) is 1.10. The lowest BCUT2D eigenvalue weighted by molar-refractivity contribution is 0.248. The monoisotopic (exact) mass is 266 g/mol. The summed E-state index contributed by atoms with van der Waals surface area (Å²) in [6, 6.07) is 5.81. The van der Waals surface area contributed by atoms with E-state index in [-0.39, 0.29) is 11.0 Å². The molecule has 5 nitrogen and oxygen atoms in total. The van der Waals surface area contributed by atoms with E-state index in [1.165, 1.54) is 18.5 Å². The third kappa shape index (κ3) is 1.75. The first-order chi connectivity index (χ1) is 8.65. The summed E-state index contributed by atoms with van der Waals surface area (Å²) in [5, 5.41) is 1.42. The van der Waals surface area contributed by atoms with Crippen LogP contribution in [0.2, 0.25) is 0 Å². The summed E-state index contributed by atoms with van der Waals surface area (Å²) < 4.78 is 18.3. The molecule has 0 aromatic heterocycles. The smallest absolute Gasteiger partial charge is 0.239 e. The van der Waals surface area contributed by atoms with Crippen molar-refractivity contribution in [1.29, 1.82) is 0 Å². The van der Waals surface area contributed by atoms with E-state index in [1.807, 2.05) is 0 Å². The zero-order valence-electron chi connectivity index (χ0n) is 9.05. The Kier molecular flexibility index (Phi) is 2.53. The minimum Gasteiger partial charge on any atom is -0.445 e. The first-order valence-electron chi connectivity index (χ1n) is 5.13. The van der Waals surface area contributed by atoms with Crippen LogP contribution in [0.1, 0.15) is 5.56 Å². The second-order valence-corrected chi connectivity index (χ2v) is 4.10. The predicted octanol–water partition coefficient (Wildman–Crippen LogP) is 1.55. The molecule has 0 spiro atoms. The molecule has 0 amide bonds.